The van der Waals surface area contributed by atoms with Crippen LogP contribution in [0, 0.1) is 12.3 Å². The monoisotopic (exact) mass is 224 g/mol. The van der Waals surface area contributed by atoms with Gasteiger partial charge in [0.15, 0.2) is 0 Å². The Hall–Kier alpha value is -0.780. The minimum Gasteiger partial charge on any atom is -0.387 e. The lowest BCUT2D eigenvalue weighted by Crippen LogP contribution is -1.94. The number of terminal acetylenes is 1. The zero-order chi connectivity index (χ0) is 8.97. The average molecular weight is 225 g/mol. The van der Waals surface area contributed by atoms with Gasteiger partial charge < -0.3 is 5.11 Å². The van der Waals surface area contributed by atoms with Crippen LogP contribution in [0.4, 0.5) is 0 Å². The molecule has 0 amide bonds. The van der Waals surface area contributed by atoms with Gasteiger partial charge >= 0.3 is 0 Å². The predicted octanol–water partition coefficient (Wildman–Crippen LogP) is 2.51. The Bertz CT molecular complexity index is 284. The lowest BCUT2D eigenvalue weighted by atomic mass is 10.1. The summed E-state index contributed by atoms with van der Waals surface area (Å²) in [4.78, 5) is 0. The summed E-state index contributed by atoms with van der Waals surface area (Å²) in [6.07, 6.45) is 4.90. The summed E-state index contributed by atoms with van der Waals surface area (Å²) in [7, 11) is 0. The highest BCUT2D eigenvalue weighted by Crippen LogP contribution is 2.18. The second-order valence-corrected chi connectivity index (χ2v) is 3.39. The molecule has 62 valence electrons. The maximum Gasteiger partial charge on any atom is 0.0899 e. The minimum absolute atomic E-state index is 0.363. The topological polar surface area (TPSA) is 20.2 Å². The van der Waals surface area contributed by atoms with Crippen LogP contribution in [-0.4, -0.2) is 5.11 Å². The van der Waals surface area contributed by atoms with Crippen LogP contribution < -0.4 is 0 Å². The summed E-state index contributed by atoms with van der Waals surface area (Å²) in [5, 5.41) is 9.45. The van der Waals surface area contributed by atoms with Gasteiger partial charge in [-0.2, -0.15) is 0 Å². The van der Waals surface area contributed by atoms with Crippen LogP contribution in [0.15, 0.2) is 28.7 Å². The standard InChI is InChI=1S/C10H9BrO/c1-2-3-10(12)8-4-6-9(11)7-5-8/h1,4-7,10,12H,3H2/t10-/m1/s1. The molecule has 0 spiro atoms. The molecule has 0 aliphatic heterocycles. The van der Waals surface area contributed by atoms with Crippen molar-refractivity contribution < 1.29 is 5.11 Å². The molecule has 1 N–H and O–H groups in total. The smallest absolute Gasteiger partial charge is 0.0899 e. The van der Waals surface area contributed by atoms with Crippen LogP contribution in [0.5, 0.6) is 0 Å². The molecule has 1 aromatic rings. The second kappa shape index (κ2) is 4.30. The van der Waals surface area contributed by atoms with E-state index in [0.29, 0.717) is 6.42 Å². The van der Waals surface area contributed by atoms with Gasteiger partial charge in [0.25, 0.3) is 0 Å². The summed E-state index contributed by atoms with van der Waals surface area (Å²) in [5.74, 6) is 2.42. The van der Waals surface area contributed by atoms with Crippen molar-refractivity contribution in [2.24, 2.45) is 0 Å². The van der Waals surface area contributed by atoms with Gasteiger partial charge in [-0.1, -0.05) is 28.1 Å². The van der Waals surface area contributed by atoms with Crippen LogP contribution in [0.1, 0.15) is 18.1 Å². The van der Waals surface area contributed by atoms with E-state index in [4.69, 9.17) is 6.42 Å². The number of hydrogen-bond donors (Lipinski definition) is 1. The van der Waals surface area contributed by atoms with Gasteiger partial charge in [-0.3, -0.25) is 0 Å². The van der Waals surface area contributed by atoms with Crippen molar-refractivity contribution in [3.63, 3.8) is 0 Å². The Kier molecular flexibility index (Phi) is 3.33. The van der Waals surface area contributed by atoms with Crippen LogP contribution in [-0.2, 0) is 0 Å². The average Bonchev–Trinajstić information content (AvgIpc) is 2.06. The Morgan fingerprint density at radius 1 is 1.42 bits per heavy atom. The third-order valence-corrected chi connectivity index (χ3v) is 2.09. The fourth-order valence-electron chi connectivity index (χ4n) is 0.914. The minimum atomic E-state index is -0.539. The molecule has 0 heterocycles. The molecule has 0 aliphatic carbocycles. The molecule has 1 atom stereocenters. The van der Waals surface area contributed by atoms with Gasteiger partial charge in [-0.05, 0) is 17.7 Å². The van der Waals surface area contributed by atoms with Crippen LogP contribution >= 0.6 is 15.9 Å². The molecule has 1 rings (SSSR count). The van der Waals surface area contributed by atoms with Crippen molar-refractivity contribution >= 4 is 15.9 Å². The molecule has 0 aliphatic rings. The number of benzene rings is 1. The normalized spacial score (nSPS) is 12.1. The van der Waals surface area contributed by atoms with Crippen molar-refractivity contribution in [1.29, 1.82) is 0 Å². The summed E-state index contributed by atoms with van der Waals surface area (Å²) in [6.45, 7) is 0. The zero-order valence-electron chi connectivity index (χ0n) is 6.50. The second-order valence-electron chi connectivity index (χ2n) is 2.48. The Morgan fingerprint density at radius 3 is 2.50 bits per heavy atom. The number of hydrogen-bond acceptors (Lipinski definition) is 1. The van der Waals surface area contributed by atoms with Gasteiger partial charge in [0.1, 0.15) is 0 Å². The first-order valence-corrected chi connectivity index (χ1v) is 4.40. The molecule has 12 heavy (non-hydrogen) atoms. The Morgan fingerprint density at radius 2 is 2.00 bits per heavy atom. The van der Waals surface area contributed by atoms with E-state index in [1.54, 1.807) is 0 Å². The van der Waals surface area contributed by atoms with Crippen LogP contribution in [0.3, 0.4) is 0 Å². The summed E-state index contributed by atoms with van der Waals surface area (Å²) >= 11 is 3.31. The van der Waals surface area contributed by atoms with E-state index in [-0.39, 0.29) is 0 Å². The highest BCUT2D eigenvalue weighted by molar-refractivity contribution is 9.10. The maximum atomic E-state index is 9.45. The summed E-state index contributed by atoms with van der Waals surface area (Å²) < 4.78 is 0.999. The van der Waals surface area contributed by atoms with E-state index >= 15 is 0 Å². The van der Waals surface area contributed by atoms with Crippen LogP contribution in [0.2, 0.25) is 0 Å². The van der Waals surface area contributed by atoms with E-state index < -0.39 is 6.10 Å². The van der Waals surface area contributed by atoms with Gasteiger partial charge in [0.2, 0.25) is 0 Å². The highest BCUT2D eigenvalue weighted by atomic mass is 79.9. The molecule has 0 saturated carbocycles. The number of aliphatic hydroxyl groups excluding tert-OH is 1. The van der Waals surface area contributed by atoms with Crippen molar-refractivity contribution in [3.8, 4) is 12.3 Å². The zero-order valence-corrected chi connectivity index (χ0v) is 8.08. The van der Waals surface area contributed by atoms with Gasteiger partial charge in [0.05, 0.1) is 6.10 Å². The van der Waals surface area contributed by atoms with Gasteiger partial charge in [-0.25, -0.2) is 0 Å². The van der Waals surface area contributed by atoms with Crippen molar-refractivity contribution in [2.45, 2.75) is 12.5 Å². The largest absolute Gasteiger partial charge is 0.387 e. The molecule has 0 unspecified atom stereocenters. The maximum absolute atomic E-state index is 9.45. The fourth-order valence-corrected chi connectivity index (χ4v) is 1.18. The molecule has 2 heteroatoms. The Balaban J connectivity index is 2.76. The molecule has 1 nitrogen and oxygen atoms in total. The number of halogens is 1. The van der Waals surface area contributed by atoms with Crippen molar-refractivity contribution in [1.82, 2.24) is 0 Å². The van der Waals surface area contributed by atoms with E-state index in [9.17, 15) is 5.11 Å². The lowest BCUT2D eigenvalue weighted by molar-refractivity contribution is 0.184. The van der Waals surface area contributed by atoms with Crippen LogP contribution in [0.25, 0.3) is 0 Å². The fraction of sp³-hybridized carbons (Fsp3) is 0.200. The number of rotatable bonds is 2. The quantitative estimate of drug-likeness (QED) is 0.766. The van der Waals surface area contributed by atoms with E-state index in [2.05, 4.69) is 21.9 Å². The van der Waals surface area contributed by atoms with E-state index in [1.807, 2.05) is 24.3 Å². The molecule has 1 aromatic carbocycles. The predicted molar refractivity (Wildman–Crippen MR) is 52.6 cm³/mol. The summed E-state index contributed by atoms with van der Waals surface area (Å²) in [5.41, 5.74) is 0.858. The first-order chi connectivity index (χ1) is 5.74. The first-order valence-electron chi connectivity index (χ1n) is 3.61. The van der Waals surface area contributed by atoms with Crippen molar-refractivity contribution in [2.75, 3.05) is 0 Å². The van der Waals surface area contributed by atoms with Crippen molar-refractivity contribution in [3.05, 3.63) is 34.3 Å². The third kappa shape index (κ3) is 2.37. The van der Waals surface area contributed by atoms with Gasteiger partial charge in [-0.15, -0.1) is 12.3 Å². The molecule has 0 saturated heterocycles. The van der Waals surface area contributed by atoms with Gasteiger partial charge in [0, 0.05) is 10.9 Å². The molecular weight excluding hydrogens is 216 g/mol. The van der Waals surface area contributed by atoms with E-state index in [0.717, 1.165) is 10.0 Å². The van der Waals surface area contributed by atoms with E-state index in [1.165, 1.54) is 0 Å². The summed E-state index contributed by atoms with van der Waals surface area (Å²) in [6, 6.07) is 7.47. The first kappa shape index (κ1) is 9.31. The third-order valence-electron chi connectivity index (χ3n) is 1.57. The molecular formula is C10H9BrO. The molecule has 0 aromatic heterocycles. The number of aliphatic hydroxyl groups is 1. The Labute approximate surface area is 80.6 Å². The SMILES string of the molecule is C#CC[C@@H](O)c1ccc(Br)cc1. The lowest BCUT2D eigenvalue weighted by Gasteiger charge is -2.06. The molecule has 0 radical (unpaired) electrons. The highest BCUT2D eigenvalue weighted by Gasteiger charge is 2.03. The molecule has 0 bridgehead atoms. The molecule has 0 fully saturated rings.